The summed E-state index contributed by atoms with van der Waals surface area (Å²) in [5.74, 6) is 0. The number of aryl methyl sites for hydroxylation is 2. The third-order valence-corrected chi connectivity index (χ3v) is 3.37. The first-order valence-electron chi connectivity index (χ1n) is 5.41. The van der Waals surface area contributed by atoms with Crippen molar-refractivity contribution >= 4 is 15.9 Å². The van der Waals surface area contributed by atoms with Crippen LogP contribution in [0.5, 0.6) is 0 Å². The number of halogens is 1. The van der Waals surface area contributed by atoms with Crippen LogP contribution in [0, 0.1) is 6.92 Å². The molecule has 2 rings (SSSR count). The van der Waals surface area contributed by atoms with E-state index in [0.717, 1.165) is 10.2 Å². The molecule has 1 N–H and O–H groups in total. The average molecular weight is 295 g/mol. The van der Waals surface area contributed by atoms with Gasteiger partial charge in [0.2, 0.25) is 0 Å². The fraction of sp³-hybridized carbons (Fsp3) is 0.333. The highest BCUT2D eigenvalue weighted by Crippen LogP contribution is 2.25. The number of aromatic nitrogens is 3. The summed E-state index contributed by atoms with van der Waals surface area (Å²) in [7, 11) is 3.85. The summed E-state index contributed by atoms with van der Waals surface area (Å²) in [4.78, 5) is 0. The molecule has 0 amide bonds. The zero-order chi connectivity index (χ0) is 12.4. The molecule has 0 saturated heterocycles. The molecule has 0 radical (unpaired) electrons. The molecule has 0 aliphatic carbocycles. The van der Waals surface area contributed by atoms with Gasteiger partial charge in [0.15, 0.2) is 0 Å². The number of benzene rings is 1. The highest BCUT2D eigenvalue weighted by Gasteiger charge is 2.17. The minimum Gasteiger partial charge on any atom is -0.308 e. The maximum absolute atomic E-state index is 3.98. The summed E-state index contributed by atoms with van der Waals surface area (Å²) >= 11 is 3.48. The first-order valence-corrected chi connectivity index (χ1v) is 6.20. The van der Waals surface area contributed by atoms with Crippen molar-refractivity contribution in [3.8, 4) is 0 Å². The van der Waals surface area contributed by atoms with Crippen LogP contribution in [-0.4, -0.2) is 22.0 Å². The van der Waals surface area contributed by atoms with E-state index in [9.17, 15) is 0 Å². The molecule has 1 heterocycles. The SMILES string of the molecule is CNC(c1ccc(Br)cc1C)c1cnnn1C. The van der Waals surface area contributed by atoms with Crippen LogP contribution in [0.4, 0.5) is 0 Å². The van der Waals surface area contributed by atoms with Gasteiger partial charge in [-0.15, -0.1) is 5.10 Å². The molecule has 4 nitrogen and oxygen atoms in total. The van der Waals surface area contributed by atoms with Gasteiger partial charge in [-0.3, -0.25) is 4.68 Å². The van der Waals surface area contributed by atoms with Crippen LogP contribution in [0.25, 0.3) is 0 Å². The number of nitrogens with zero attached hydrogens (tertiary/aromatic N) is 3. The van der Waals surface area contributed by atoms with Crippen molar-refractivity contribution in [2.75, 3.05) is 7.05 Å². The van der Waals surface area contributed by atoms with Gasteiger partial charge in [0.1, 0.15) is 0 Å². The van der Waals surface area contributed by atoms with E-state index in [4.69, 9.17) is 0 Å². The lowest BCUT2D eigenvalue weighted by Gasteiger charge is -2.18. The zero-order valence-corrected chi connectivity index (χ0v) is 11.7. The van der Waals surface area contributed by atoms with E-state index in [2.05, 4.69) is 56.7 Å². The van der Waals surface area contributed by atoms with Crippen molar-refractivity contribution in [2.45, 2.75) is 13.0 Å². The molecule has 1 unspecified atom stereocenters. The van der Waals surface area contributed by atoms with Gasteiger partial charge in [0.25, 0.3) is 0 Å². The highest BCUT2D eigenvalue weighted by molar-refractivity contribution is 9.10. The molecule has 0 saturated carbocycles. The molecule has 5 heteroatoms. The highest BCUT2D eigenvalue weighted by atomic mass is 79.9. The van der Waals surface area contributed by atoms with E-state index < -0.39 is 0 Å². The van der Waals surface area contributed by atoms with Crippen molar-refractivity contribution in [2.24, 2.45) is 7.05 Å². The Labute approximate surface area is 109 Å². The van der Waals surface area contributed by atoms with E-state index in [0.29, 0.717) is 0 Å². The van der Waals surface area contributed by atoms with Crippen molar-refractivity contribution in [3.63, 3.8) is 0 Å². The van der Waals surface area contributed by atoms with Gasteiger partial charge < -0.3 is 5.32 Å². The maximum atomic E-state index is 3.98. The summed E-state index contributed by atoms with van der Waals surface area (Å²) in [5.41, 5.74) is 3.53. The molecule has 1 aromatic carbocycles. The van der Waals surface area contributed by atoms with Crippen molar-refractivity contribution in [1.82, 2.24) is 20.3 Å². The number of rotatable bonds is 3. The molecule has 0 aliphatic heterocycles. The summed E-state index contributed by atoms with van der Waals surface area (Å²) < 4.78 is 2.89. The maximum Gasteiger partial charge on any atom is 0.0798 e. The van der Waals surface area contributed by atoms with E-state index in [-0.39, 0.29) is 6.04 Å². The molecule has 17 heavy (non-hydrogen) atoms. The van der Waals surface area contributed by atoms with Crippen molar-refractivity contribution < 1.29 is 0 Å². The molecular weight excluding hydrogens is 280 g/mol. The van der Waals surface area contributed by atoms with Gasteiger partial charge in [-0.1, -0.05) is 27.2 Å². The predicted octanol–water partition coefficient (Wildman–Crippen LogP) is 2.19. The van der Waals surface area contributed by atoms with E-state index in [1.54, 1.807) is 10.9 Å². The lowest BCUT2D eigenvalue weighted by molar-refractivity contribution is 0.596. The van der Waals surface area contributed by atoms with Crippen LogP contribution in [0.15, 0.2) is 28.9 Å². The van der Waals surface area contributed by atoms with Crippen LogP contribution in [-0.2, 0) is 7.05 Å². The van der Waals surface area contributed by atoms with Crippen molar-refractivity contribution in [3.05, 3.63) is 45.7 Å². The Balaban J connectivity index is 2.46. The Morgan fingerprint density at radius 2 is 2.18 bits per heavy atom. The summed E-state index contributed by atoms with van der Waals surface area (Å²) in [6.07, 6.45) is 1.79. The molecule has 2 aromatic rings. The van der Waals surface area contributed by atoms with Crippen LogP contribution >= 0.6 is 15.9 Å². The third kappa shape index (κ3) is 2.40. The Morgan fingerprint density at radius 1 is 1.41 bits per heavy atom. The smallest absolute Gasteiger partial charge is 0.0798 e. The first-order chi connectivity index (χ1) is 8.13. The standard InChI is InChI=1S/C12H15BrN4/c1-8-6-9(13)4-5-10(8)12(14-2)11-7-15-16-17(11)3/h4-7,12,14H,1-3H3. The molecule has 0 aliphatic rings. The molecule has 90 valence electrons. The quantitative estimate of drug-likeness (QED) is 0.944. The molecule has 1 atom stereocenters. The molecule has 1 aromatic heterocycles. The first kappa shape index (κ1) is 12.3. The minimum absolute atomic E-state index is 0.114. The Hall–Kier alpha value is -1.20. The predicted molar refractivity (Wildman–Crippen MR) is 70.8 cm³/mol. The van der Waals surface area contributed by atoms with Gasteiger partial charge in [-0.2, -0.15) is 0 Å². The van der Waals surface area contributed by atoms with Crippen LogP contribution in [0.2, 0.25) is 0 Å². The second-order valence-electron chi connectivity index (χ2n) is 4.01. The molecule has 0 bridgehead atoms. The van der Waals surface area contributed by atoms with Crippen LogP contribution in [0.3, 0.4) is 0 Å². The second-order valence-corrected chi connectivity index (χ2v) is 4.92. The fourth-order valence-electron chi connectivity index (χ4n) is 1.98. The van der Waals surface area contributed by atoms with Crippen molar-refractivity contribution in [1.29, 1.82) is 0 Å². The zero-order valence-electron chi connectivity index (χ0n) is 10.1. The van der Waals surface area contributed by atoms with Crippen LogP contribution in [0.1, 0.15) is 22.9 Å². The number of hydrogen-bond donors (Lipinski definition) is 1. The second kappa shape index (κ2) is 4.98. The largest absolute Gasteiger partial charge is 0.308 e. The molecule has 0 fully saturated rings. The van der Waals surface area contributed by atoms with Gasteiger partial charge >= 0.3 is 0 Å². The van der Waals surface area contributed by atoms with Gasteiger partial charge in [-0.25, -0.2) is 0 Å². The Kier molecular flexibility index (Phi) is 3.59. The summed E-state index contributed by atoms with van der Waals surface area (Å²) in [5, 5.41) is 11.2. The van der Waals surface area contributed by atoms with Gasteiger partial charge in [-0.05, 0) is 37.2 Å². The third-order valence-electron chi connectivity index (χ3n) is 2.88. The topological polar surface area (TPSA) is 42.7 Å². The Morgan fingerprint density at radius 3 is 2.71 bits per heavy atom. The monoisotopic (exact) mass is 294 g/mol. The average Bonchev–Trinajstić information content (AvgIpc) is 2.69. The normalized spacial score (nSPS) is 12.7. The number of hydrogen-bond acceptors (Lipinski definition) is 3. The molecule has 0 spiro atoms. The lowest BCUT2D eigenvalue weighted by Crippen LogP contribution is -2.21. The fourth-order valence-corrected chi connectivity index (χ4v) is 2.46. The van der Waals surface area contributed by atoms with E-state index in [1.807, 2.05) is 14.1 Å². The summed E-state index contributed by atoms with van der Waals surface area (Å²) in [6, 6.07) is 6.40. The lowest BCUT2D eigenvalue weighted by atomic mass is 9.99. The van der Waals surface area contributed by atoms with Gasteiger partial charge in [0, 0.05) is 11.5 Å². The minimum atomic E-state index is 0.114. The van der Waals surface area contributed by atoms with E-state index >= 15 is 0 Å². The summed E-state index contributed by atoms with van der Waals surface area (Å²) in [6.45, 7) is 2.11. The molecular formula is C12H15BrN4. The van der Waals surface area contributed by atoms with Crippen LogP contribution < -0.4 is 5.32 Å². The Bertz CT molecular complexity index is 521. The van der Waals surface area contributed by atoms with E-state index in [1.165, 1.54) is 11.1 Å². The van der Waals surface area contributed by atoms with Gasteiger partial charge in [0.05, 0.1) is 17.9 Å². The number of nitrogens with one attached hydrogen (secondary N) is 1.